The number of hydrogen-bond donors (Lipinski definition) is 2. The fourth-order valence-corrected chi connectivity index (χ4v) is 6.13. The normalized spacial score (nSPS) is 17.8. The van der Waals surface area contributed by atoms with Crippen molar-refractivity contribution in [2.45, 2.75) is 18.9 Å². The minimum atomic E-state index is -1.06. The molecule has 6 rings (SSSR count). The first-order chi connectivity index (χ1) is 18.9. The van der Waals surface area contributed by atoms with Gasteiger partial charge in [-0.2, -0.15) is 0 Å². The molecule has 2 aromatic heterocycles. The number of fused-ring (bicyclic) bond motifs is 4. The van der Waals surface area contributed by atoms with Crippen molar-refractivity contribution in [1.82, 2.24) is 4.57 Å². The molecule has 7 nitrogen and oxygen atoms in total. The zero-order valence-electron chi connectivity index (χ0n) is 20.7. The highest BCUT2D eigenvalue weighted by Gasteiger charge is 2.35. The zero-order valence-corrected chi connectivity index (χ0v) is 21.5. The van der Waals surface area contributed by atoms with E-state index in [1.54, 1.807) is 42.5 Å². The number of carbonyl (C=O) groups excluding carboxylic acids is 2. The molecule has 2 unspecified atom stereocenters. The largest absolute Gasteiger partial charge is 0.369 e. The van der Waals surface area contributed by atoms with Crippen molar-refractivity contribution in [3.05, 3.63) is 110 Å². The molecule has 198 valence electrons. The minimum Gasteiger partial charge on any atom is -0.369 e. The number of hydrogen-bond acceptors (Lipinski definition) is 5. The summed E-state index contributed by atoms with van der Waals surface area (Å²) in [7, 11) is 0. The lowest BCUT2D eigenvalue weighted by atomic mass is 9.83. The third-order valence-corrected chi connectivity index (χ3v) is 8.12. The maximum Gasteiger partial charge on any atom is 0.265 e. The third kappa shape index (κ3) is 4.95. The summed E-state index contributed by atoms with van der Waals surface area (Å²) in [4.78, 5) is 41.2. The van der Waals surface area contributed by atoms with Crippen LogP contribution in [0, 0.1) is 17.6 Å². The maximum absolute atomic E-state index is 13.6. The van der Waals surface area contributed by atoms with Gasteiger partial charge in [0.05, 0.1) is 16.3 Å². The fourth-order valence-electron chi connectivity index (χ4n) is 5.52. The summed E-state index contributed by atoms with van der Waals surface area (Å²) in [6.45, 7) is 1.98. The van der Waals surface area contributed by atoms with Gasteiger partial charge in [0.1, 0.15) is 0 Å². The van der Waals surface area contributed by atoms with E-state index in [1.807, 2.05) is 16.0 Å². The van der Waals surface area contributed by atoms with Crippen LogP contribution in [0.3, 0.4) is 0 Å². The van der Waals surface area contributed by atoms with E-state index in [1.165, 1.54) is 17.4 Å². The first-order valence-corrected chi connectivity index (χ1v) is 13.4. The molecular weight excluding hydrogens is 522 g/mol. The Kier molecular flexibility index (Phi) is 6.48. The van der Waals surface area contributed by atoms with Gasteiger partial charge in [0.15, 0.2) is 11.6 Å². The molecule has 1 fully saturated rings. The van der Waals surface area contributed by atoms with E-state index in [9.17, 15) is 23.2 Å². The number of anilines is 3. The molecular formula is C29H24F2N4O3S. The summed E-state index contributed by atoms with van der Waals surface area (Å²) >= 11 is 1.31. The van der Waals surface area contributed by atoms with E-state index in [2.05, 4.69) is 15.5 Å². The molecule has 39 heavy (non-hydrogen) atoms. The van der Waals surface area contributed by atoms with E-state index in [-0.39, 0.29) is 34.6 Å². The fraction of sp³-hybridized carbons (Fsp3) is 0.207. The van der Waals surface area contributed by atoms with Gasteiger partial charge in [-0.05, 0) is 60.2 Å². The molecule has 2 aliphatic rings. The number of piperidine rings is 1. The topological polar surface area (TPSA) is 83.4 Å². The van der Waals surface area contributed by atoms with E-state index >= 15 is 0 Å². The van der Waals surface area contributed by atoms with Gasteiger partial charge in [-0.3, -0.25) is 14.4 Å². The molecule has 2 bridgehead atoms. The first kappa shape index (κ1) is 25.0. The SMILES string of the molecule is O=C(Nc1ccc(F)c(F)c1)c1ccc(N2CC3CC(C2)c2cccc(=O)n2C3)c(NC(=O)c2cccs2)c1. The van der Waals surface area contributed by atoms with Gasteiger partial charge in [0.25, 0.3) is 17.4 Å². The van der Waals surface area contributed by atoms with Crippen LogP contribution < -0.4 is 21.1 Å². The van der Waals surface area contributed by atoms with E-state index in [0.717, 1.165) is 29.9 Å². The number of halogens is 2. The van der Waals surface area contributed by atoms with E-state index < -0.39 is 17.5 Å². The van der Waals surface area contributed by atoms with Crippen LogP contribution in [0.1, 0.15) is 38.1 Å². The van der Waals surface area contributed by atoms with Gasteiger partial charge in [0, 0.05) is 54.6 Å². The Morgan fingerprint density at radius 1 is 0.872 bits per heavy atom. The van der Waals surface area contributed by atoms with Crippen molar-refractivity contribution in [3.63, 3.8) is 0 Å². The van der Waals surface area contributed by atoms with Crippen molar-refractivity contribution < 1.29 is 18.4 Å². The number of aromatic nitrogens is 1. The monoisotopic (exact) mass is 546 g/mol. The lowest BCUT2D eigenvalue weighted by molar-refractivity contribution is 0.101. The summed E-state index contributed by atoms with van der Waals surface area (Å²) in [6, 6.07) is 17.1. The molecule has 2 amide bonds. The Morgan fingerprint density at radius 3 is 2.54 bits per heavy atom. The van der Waals surface area contributed by atoms with E-state index in [4.69, 9.17) is 0 Å². The summed E-state index contributed by atoms with van der Waals surface area (Å²) in [5, 5.41) is 7.36. The van der Waals surface area contributed by atoms with Crippen LogP contribution in [0.4, 0.5) is 25.8 Å². The highest BCUT2D eigenvalue weighted by molar-refractivity contribution is 7.12. The highest BCUT2D eigenvalue weighted by atomic mass is 32.1. The average Bonchev–Trinajstić information content (AvgIpc) is 3.47. The van der Waals surface area contributed by atoms with Crippen molar-refractivity contribution in [2.24, 2.45) is 5.92 Å². The molecule has 0 radical (unpaired) electrons. The molecule has 0 aliphatic carbocycles. The predicted octanol–water partition coefficient (Wildman–Crippen LogP) is 5.32. The van der Waals surface area contributed by atoms with Gasteiger partial charge in [-0.15, -0.1) is 11.3 Å². The first-order valence-electron chi connectivity index (χ1n) is 12.6. The molecule has 2 N–H and O–H groups in total. The minimum absolute atomic E-state index is 0.0101. The molecule has 2 aliphatic heterocycles. The van der Waals surface area contributed by atoms with Crippen LogP contribution in [0.2, 0.25) is 0 Å². The van der Waals surface area contributed by atoms with Gasteiger partial charge in [0.2, 0.25) is 0 Å². The van der Waals surface area contributed by atoms with Crippen LogP contribution in [-0.2, 0) is 6.54 Å². The molecule has 4 heterocycles. The molecule has 10 heteroatoms. The van der Waals surface area contributed by atoms with Crippen LogP contribution in [0.5, 0.6) is 0 Å². The predicted molar refractivity (Wildman–Crippen MR) is 147 cm³/mol. The van der Waals surface area contributed by atoms with Crippen LogP contribution in [0.15, 0.2) is 76.9 Å². The van der Waals surface area contributed by atoms with Crippen LogP contribution >= 0.6 is 11.3 Å². The van der Waals surface area contributed by atoms with E-state index in [0.29, 0.717) is 30.2 Å². The molecule has 2 atom stereocenters. The lowest BCUT2D eigenvalue weighted by Crippen LogP contribution is -2.47. The molecule has 4 aromatic rings. The Morgan fingerprint density at radius 2 is 1.74 bits per heavy atom. The maximum atomic E-state index is 13.6. The lowest BCUT2D eigenvalue weighted by Gasteiger charge is -2.44. The van der Waals surface area contributed by atoms with Crippen LogP contribution in [0.25, 0.3) is 0 Å². The van der Waals surface area contributed by atoms with Crippen molar-refractivity contribution in [2.75, 3.05) is 28.6 Å². The average molecular weight is 547 g/mol. The smallest absolute Gasteiger partial charge is 0.265 e. The molecule has 1 saturated heterocycles. The molecule has 0 saturated carbocycles. The number of benzene rings is 2. The Balaban J connectivity index is 1.32. The Hall–Kier alpha value is -4.31. The number of nitrogens with one attached hydrogen (secondary N) is 2. The van der Waals surface area contributed by atoms with Crippen molar-refractivity contribution in [3.8, 4) is 0 Å². The third-order valence-electron chi connectivity index (χ3n) is 7.25. The highest BCUT2D eigenvalue weighted by Crippen LogP contribution is 2.39. The zero-order chi connectivity index (χ0) is 27.1. The Bertz CT molecular complexity index is 1640. The second-order valence-corrected chi connectivity index (χ2v) is 10.8. The summed E-state index contributed by atoms with van der Waals surface area (Å²) in [6.07, 6.45) is 0.978. The van der Waals surface area contributed by atoms with Crippen molar-refractivity contribution >= 4 is 40.2 Å². The number of carbonyl (C=O) groups is 2. The number of thiophene rings is 1. The number of pyridine rings is 1. The van der Waals surface area contributed by atoms with Crippen molar-refractivity contribution in [1.29, 1.82) is 0 Å². The quantitative estimate of drug-likeness (QED) is 0.355. The molecule has 0 spiro atoms. The van der Waals surface area contributed by atoms with Gasteiger partial charge >= 0.3 is 0 Å². The summed E-state index contributed by atoms with van der Waals surface area (Å²) in [5.41, 5.74) is 2.62. The number of amides is 2. The molecule has 2 aromatic carbocycles. The van der Waals surface area contributed by atoms with Crippen LogP contribution in [-0.4, -0.2) is 29.5 Å². The Labute approximate surface area is 226 Å². The summed E-state index contributed by atoms with van der Waals surface area (Å²) < 4.78 is 28.8. The van der Waals surface area contributed by atoms with Gasteiger partial charge in [-0.25, -0.2) is 8.78 Å². The van der Waals surface area contributed by atoms with Gasteiger partial charge < -0.3 is 20.1 Å². The second-order valence-electron chi connectivity index (χ2n) is 9.85. The van der Waals surface area contributed by atoms with Gasteiger partial charge in [-0.1, -0.05) is 12.1 Å². The number of rotatable bonds is 5. The standard InChI is InChI=1S/C29H24F2N4O3S/c30-21-8-7-20(13-22(21)31)32-28(37)18-6-9-25(23(12-18)33-29(38)26-4-2-10-39-26)34-14-17-11-19(16-34)24-3-1-5-27(36)35(24)15-17/h1-10,12-13,17,19H,11,14-16H2,(H,32,37)(H,33,38). The summed E-state index contributed by atoms with van der Waals surface area (Å²) in [5.74, 6) is -2.47. The second kappa shape index (κ2) is 10.1. The number of nitrogens with zero attached hydrogens (tertiary/aromatic N) is 2.